The fourth-order valence-corrected chi connectivity index (χ4v) is 5.90. The van der Waals surface area contributed by atoms with Gasteiger partial charge in [-0.15, -0.1) is 0 Å². The van der Waals surface area contributed by atoms with Gasteiger partial charge in [-0.1, -0.05) is 24.3 Å². The van der Waals surface area contributed by atoms with E-state index in [0.29, 0.717) is 16.9 Å². The lowest BCUT2D eigenvalue weighted by Crippen LogP contribution is -2.37. The molecule has 1 saturated heterocycles. The molecule has 1 aliphatic rings. The number of hydrogen-bond acceptors (Lipinski definition) is 5. The molecule has 188 valence electrons. The molecule has 0 atom stereocenters. The zero-order chi connectivity index (χ0) is 25.6. The van der Waals surface area contributed by atoms with Crippen molar-refractivity contribution in [3.63, 3.8) is 0 Å². The Labute approximate surface area is 213 Å². The van der Waals surface area contributed by atoms with Crippen molar-refractivity contribution in [2.45, 2.75) is 50.5 Å². The maximum atomic E-state index is 11.8. The molecule has 5 rings (SSSR count). The molecular formula is C29H34N4O2S. The van der Waals surface area contributed by atoms with Gasteiger partial charge >= 0.3 is 0 Å². The molecule has 0 N–H and O–H groups in total. The Morgan fingerprint density at radius 3 is 2.11 bits per heavy atom. The van der Waals surface area contributed by atoms with Crippen LogP contribution in [-0.4, -0.2) is 53.2 Å². The average molecular weight is 503 g/mol. The molecule has 3 heterocycles. The lowest BCUT2D eigenvalue weighted by atomic mass is 9.88. The number of likely N-dealkylation sites (tertiary alicyclic amines) is 1. The van der Waals surface area contributed by atoms with Crippen molar-refractivity contribution >= 4 is 20.9 Å². The zero-order valence-corrected chi connectivity index (χ0v) is 22.5. The van der Waals surface area contributed by atoms with Crippen molar-refractivity contribution in [2.75, 3.05) is 19.3 Å². The third-order valence-electron chi connectivity index (χ3n) is 7.52. The number of fused-ring (bicyclic) bond motifs is 1. The van der Waals surface area contributed by atoms with E-state index in [1.54, 1.807) is 12.1 Å². The Bertz CT molecular complexity index is 1500. The summed E-state index contributed by atoms with van der Waals surface area (Å²) in [5.74, 6) is 1.41. The highest BCUT2D eigenvalue weighted by molar-refractivity contribution is 7.90. The quantitative estimate of drug-likeness (QED) is 0.355. The predicted molar refractivity (Wildman–Crippen MR) is 146 cm³/mol. The number of pyridine rings is 1. The maximum Gasteiger partial charge on any atom is 0.175 e. The van der Waals surface area contributed by atoms with Crippen LogP contribution >= 0.6 is 0 Å². The molecule has 0 radical (unpaired) electrons. The van der Waals surface area contributed by atoms with Crippen molar-refractivity contribution in [3.8, 4) is 22.6 Å². The van der Waals surface area contributed by atoms with Crippen LogP contribution in [-0.2, 0) is 16.9 Å². The van der Waals surface area contributed by atoms with Crippen LogP contribution in [0, 0.1) is 6.92 Å². The van der Waals surface area contributed by atoms with Crippen LogP contribution in [0.4, 0.5) is 0 Å². The molecule has 2 aromatic heterocycles. The lowest BCUT2D eigenvalue weighted by molar-refractivity contribution is 0.172. The highest BCUT2D eigenvalue weighted by atomic mass is 32.2. The van der Waals surface area contributed by atoms with E-state index < -0.39 is 9.84 Å². The normalized spacial score (nSPS) is 15.7. The number of hydrogen-bond donors (Lipinski definition) is 0. The van der Waals surface area contributed by atoms with E-state index in [-0.39, 0.29) is 0 Å². The Morgan fingerprint density at radius 2 is 1.53 bits per heavy atom. The van der Waals surface area contributed by atoms with Crippen LogP contribution in [0.5, 0.6) is 0 Å². The first-order valence-corrected chi connectivity index (χ1v) is 14.5. The van der Waals surface area contributed by atoms with E-state index in [0.717, 1.165) is 39.4 Å². The minimum atomic E-state index is -3.24. The summed E-state index contributed by atoms with van der Waals surface area (Å²) in [6, 6.07) is 18.5. The molecule has 6 nitrogen and oxygen atoms in total. The summed E-state index contributed by atoms with van der Waals surface area (Å²) >= 11 is 0. The number of rotatable bonds is 5. The summed E-state index contributed by atoms with van der Waals surface area (Å²) in [6.07, 6.45) is 3.64. The van der Waals surface area contributed by atoms with E-state index in [9.17, 15) is 8.42 Å². The first-order valence-electron chi connectivity index (χ1n) is 12.6. The van der Waals surface area contributed by atoms with Crippen molar-refractivity contribution in [2.24, 2.45) is 7.05 Å². The Kier molecular flexibility index (Phi) is 6.47. The largest absolute Gasteiger partial charge is 0.327 e. The maximum absolute atomic E-state index is 11.8. The summed E-state index contributed by atoms with van der Waals surface area (Å²) in [6.45, 7) is 8.89. The molecule has 0 spiro atoms. The monoisotopic (exact) mass is 502 g/mol. The van der Waals surface area contributed by atoms with E-state index in [2.05, 4.69) is 53.6 Å². The number of nitrogens with zero attached hydrogens (tertiary/aromatic N) is 4. The van der Waals surface area contributed by atoms with Gasteiger partial charge in [0, 0.05) is 30.5 Å². The van der Waals surface area contributed by atoms with E-state index in [1.807, 2.05) is 26.1 Å². The van der Waals surface area contributed by atoms with Gasteiger partial charge in [0.25, 0.3) is 0 Å². The molecule has 1 fully saturated rings. The number of aryl methyl sites for hydroxylation is 2. The van der Waals surface area contributed by atoms with Crippen LogP contribution in [0.1, 0.15) is 43.9 Å². The SMILES string of the molecule is Cc1nc(-c2ccc(C3CCN(C(C)C)CC3)cc2)cc2c1nc(-c1ccc(S(C)(=O)=O)cc1)n2C. The molecule has 0 saturated carbocycles. The van der Waals surface area contributed by atoms with Crippen molar-refractivity contribution in [3.05, 3.63) is 65.9 Å². The van der Waals surface area contributed by atoms with Crippen LogP contribution < -0.4 is 0 Å². The van der Waals surface area contributed by atoms with Gasteiger partial charge in [0.05, 0.1) is 21.8 Å². The van der Waals surface area contributed by atoms with Gasteiger partial charge < -0.3 is 9.47 Å². The van der Waals surface area contributed by atoms with Gasteiger partial charge in [-0.05, 0) is 88.5 Å². The summed E-state index contributed by atoms with van der Waals surface area (Å²) < 4.78 is 25.7. The van der Waals surface area contributed by atoms with Crippen LogP contribution in [0.2, 0.25) is 0 Å². The van der Waals surface area contributed by atoms with Gasteiger partial charge in [-0.2, -0.15) is 0 Å². The Hall–Kier alpha value is -3.03. The minimum absolute atomic E-state index is 0.305. The molecule has 0 aliphatic carbocycles. The van der Waals surface area contributed by atoms with Crippen LogP contribution in [0.25, 0.3) is 33.7 Å². The fraction of sp³-hybridized carbons (Fsp3) is 0.379. The third kappa shape index (κ3) is 4.70. The predicted octanol–water partition coefficient (Wildman–Crippen LogP) is 5.60. The molecule has 7 heteroatoms. The molecule has 4 aromatic rings. The molecule has 0 bridgehead atoms. The molecule has 0 amide bonds. The number of piperidine rings is 1. The van der Waals surface area contributed by atoms with Crippen molar-refractivity contribution in [1.29, 1.82) is 0 Å². The smallest absolute Gasteiger partial charge is 0.175 e. The summed E-state index contributed by atoms with van der Waals surface area (Å²) in [5, 5.41) is 0. The highest BCUT2D eigenvalue weighted by Gasteiger charge is 2.22. The van der Waals surface area contributed by atoms with Gasteiger partial charge in [0.1, 0.15) is 11.3 Å². The first-order chi connectivity index (χ1) is 17.1. The topological polar surface area (TPSA) is 68.1 Å². The number of sulfone groups is 1. The van der Waals surface area contributed by atoms with E-state index in [1.165, 1.54) is 37.8 Å². The van der Waals surface area contributed by atoms with Gasteiger partial charge in [-0.3, -0.25) is 4.98 Å². The average Bonchev–Trinajstić information content (AvgIpc) is 3.20. The molecule has 1 aliphatic heterocycles. The van der Waals surface area contributed by atoms with Crippen LogP contribution in [0.15, 0.2) is 59.5 Å². The summed E-state index contributed by atoms with van der Waals surface area (Å²) in [4.78, 5) is 12.6. The summed E-state index contributed by atoms with van der Waals surface area (Å²) in [5.41, 5.74) is 7.06. The highest BCUT2D eigenvalue weighted by Crippen LogP contribution is 2.32. The van der Waals surface area contributed by atoms with Gasteiger partial charge in [0.2, 0.25) is 0 Å². The second kappa shape index (κ2) is 9.45. The second-order valence-corrected chi connectivity index (χ2v) is 12.3. The zero-order valence-electron chi connectivity index (χ0n) is 21.7. The fourth-order valence-electron chi connectivity index (χ4n) is 5.27. The molecule has 2 aromatic carbocycles. The minimum Gasteiger partial charge on any atom is -0.327 e. The lowest BCUT2D eigenvalue weighted by Gasteiger charge is -2.34. The van der Waals surface area contributed by atoms with Crippen molar-refractivity contribution < 1.29 is 8.42 Å². The van der Waals surface area contributed by atoms with Gasteiger partial charge in [-0.25, -0.2) is 13.4 Å². The third-order valence-corrected chi connectivity index (χ3v) is 8.65. The van der Waals surface area contributed by atoms with E-state index >= 15 is 0 Å². The number of imidazole rings is 1. The Balaban J connectivity index is 1.43. The van der Waals surface area contributed by atoms with Gasteiger partial charge in [0.15, 0.2) is 9.84 Å². The van der Waals surface area contributed by atoms with Crippen molar-refractivity contribution in [1.82, 2.24) is 19.4 Å². The first kappa shape index (κ1) is 24.7. The standard InChI is InChI=1S/C29H34N4O2S/c1-19(2)33-16-14-22(15-17-33)21-6-8-23(9-7-21)26-18-27-28(20(3)30-26)31-29(32(27)4)24-10-12-25(13-11-24)36(5,34)35/h6-13,18-19,22H,14-17H2,1-5H3. The summed E-state index contributed by atoms with van der Waals surface area (Å²) in [7, 11) is -1.24. The van der Waals surface area contributed by atoms with Crippen LogP contribution in [0.3, 0.4) is 0 Å². The molecule has 0 unspecified atom stereocenters. The van der Waals surface area contributed by atoms with E-state index in [4.69, 9.17) is 9.97 Å². The number of benzene rings is 2. The molecule has 36 heavy (non-hydrogen) atoms. The number of aromatic nitrogens is 3. The second-order valence-electron chi connectivity index (χ2n) is 10.3. The Morgan fingerprint density at radius 1 is 0.917 bits per heavy atom. The molecular weight excluding hydrogens is 468 g/mol.